The average molecular weight is 224 g/mol. The summed E-state index contributed by atoms with van der Waals surface area (Å²) >= 11 is 0. The van der Waals surface area contributed by atoms with Crippen molar-refractivity contribution in [1.29, 1.82) is 0 Å². The Kier molecular flexibility index (Phi) is 5.49. The Morgan fingerprint density at radius 2 is 2.25 bits per heavy atom. The van der Waals surface area contributed by atoms with Gasteiger partial charge in [-0.2, -0.15) is 5.10 Å². The van der Waals surface area contributed by atoms with Gasteiger partial charge in [-0.3, -0.25) is 4.68 Å². The molecule has 1 aromatic heterocycles. The van der Waals surface area contributed by atoms with Crippen molar-refractivity contribution in [3.05, 3.63) is 18.0 Å². The van der Waals surface area contributed by atoms with Gasteiger partial charge in [-0.25, -0.2) is 0 Å². The molecule has 0 fully saturated rings. The first kappa shape index (κ1) is 13.2. The first-order valence-corrected chi connectivity index (χ1v) is 5.99. The minimum absolute atomic E-state index is 0.448. The van der Waals surface area contributed by atoms with Crippen LogP contribution in [0.2, 0.25) is 0 Å². The summed E-state index contributed by atoms with van der Waals surface area (Å²) in [5.74, 6) is 0. The van der Waals surface area contributed by atoms with Gasteiger partial charge in [0.1, 0.15) is 0 Å². The van der Waals surface area contributed by atoms with E-state index in [1.807, 2.05) is 17.9 Å². The molecule has 0 saturated carbocycles. The average Bonchev–Trinajstić information content (AvgIpc) is 2.66. The van der Waals surface area contributed by atoms with Crippen LogP contribution in [0.5, 0.6) is 0 Å². The predicted molar refractivity (Wildman–Crippen MR) is 67.5 cm³/mol. The van der Waals surface area contributed by atoms with Gasteiger partial charge in [0.2, 0.25) is 0 Å². The molecule has 4 nitrogen and oxygen atoms in total. The molecule has 0 aromatic carbocycles. The fraction of sp³-hybridized carbons (Fsp3) is 0.750. The van der Waals surface area contributed by atoms with Gasteiger partial charge in [-0.1, -0.05) is 0 Å². The Morgan fingerprint density at radius 3 is 2.81 bits per heavy atom. The first-order chi connectivity index (χ1) is 7.63. The minimum Gasteiger partial charge on any atom is -0.320 e. The molecule has 1 rings (SSSR count). The Hall–Kier alpha value is -0.870. The summed E-state index contributed by atoms with van der Waals surface area (Å²) in [7, 11) is 4.15. The number of aromatic nitrogens is 2. The molecule has 92 valence electrons. The molecular formula is C12H24N4. The second-order valence-corrected chi connectivity index (χ2v) is 4.62. The van der Waals surface area contributed by atoms with Crippen molar-refractivity contribution in [3.8, 4) is 0 Å². The SMILES string of the molecule is CNCCCN(C)Cc1cnn(C(C)C)c1. The third-order valence-corrected chi connectivity index (χ3v) is 2.60. The van der Waals surface area contributed by atoms with Crippen LogP contribution < -0.4 is 5.32 Å². The van der Waals surface area contributed by atoms with E-state index in [0.717, 1.165) is 19.6 Å². The van der Waals surface area contributed by atoms with Gasteiger partial charge in [0, 0.05) is 24.3 Å². The third kappa shape index (κ3) is 4.33. The van der Waals surface area contributed by atoms with E-state index in [0.29, 0.717) is 6.04 Å². The van der Waals surface area contributed by atoms with Crippen LogP contribution in [-0.2, 0) is 6.54 Å². The lowest BCUT2D eigenvalue weighted by atomic mass is 10.3. The standard InChI is InChI=1S/C12H24N4/c1-11(2)16-10-12(8-14-16)9-15(4)7-5-6-13-3/h8,10-11,13H,5-7,9H2,1-4H3. The number of nitrogens with one attached hydrogen (secondary N) is 1. The lowest BCUT2D eigenvalue weighted by molar-refractivity contribution is 0.321. The fourth-order valence-electron chi connectivity index (χ4n) is 1.66. The molecule has 0 radical (unpaired) electrons. The molecule has 1 aromatic rings. The monoisotopic (exact) mass is 224 g/mol. The highest BCUT2D eigenvalue weighted by Gasteiger charge is 2.04. The van der Waals surface area contributed by atoms with Crippen molar-refractivity contribution in [2.24, 2.45) is 0 Å². The summed E-state index contributed by atoms with van der Waals surface area (Å²) < 4.78 is 2.01. The van der Waals surface area contributed by atoms with Crippen molar-refractivity contribution in [1.82, 2.24) is 20.0 Å². The summed E-state index contributed by atoms with van der Waals surface area (Å²) in [4.78, 5) is 2.33. The molecule has 0 unspecified atom stereocenters. The topological polar surface area (TPSA) is 33.1 Å². The number of hydrogen-bond acceptors (Lipinski definition) is 3. The number of hydrogen-bond donors (Lipinski definition) is 1. The fourth-order valence-corrected chi connectivity index (χ4v) is 1.66. The summed E-state index contributed by atoms with van der Waals surface area (Å²) in [6.45, 7) is 7.47. The van der Waals surface area contributed by atoms with E-state index in [1.54, 1.807) is 0 Å². The lowest BCUT2D eigenvalue weighted by Crippen LogP contribution is -2.22. The lowest BCUT2D eigenvalue weighted by Gasteiger charge is -2.15. The van der Waals surface area contributed by atoms with Gasteiger partial charge < -0.3 is 10.2 Å². The quantitative estimate of drug-likeness (QED) is 0.713. The summed E-state index contributed by atoms with van der Waals surface area (Å²) in [5, 5.41) is 7.51. The maximum atomic E-state index is 4.34. The van der Waals surface area contributed by atoms with Crippen molar-refractivity contribution in [3.63, 3.8) is 0 Å². The van der Waals surface area contributed by atoms with Gasteiger partial charge in [-0.15, -0.1) is 0 Å². The van der Waals surface area contributed by atoms with Crippen LogP contribution in [0.25, 0.3) is 0 Å². The van der Waals surface area contributed by atoms with E-state index in [9.17, 15) is 0 Å². The molecule has 0 atom stereocenters. The van der Waals surface area contributed by atoms with Crippen LogP contribution in [-0.4, -0.2) is 41.9 Å². The highest BCUT2D eigenvalue weighted by molar-refractivity contribution is 5.03. The number of rotatable bonds is 7. The van der Waals surface area contributed by atoms with E-state index >= 15 is 0 Å². The van der Waals surface area contributed by atoms with Crippen LogP contribution in [0.4, 0.5) is 0 Å². The van der Waals surface area contributed by atoms with E-state index in [-0.39, 0.29) is 0 Å². The molecule has 0 aliphatic heterocycles. The van der Waals surface area contributed by atoms with E-state index in [4.69, 9.17) is 0 Å². The zero-order valence-corrected chi connectivity index (χ0v) is 10.9. The smallest absolute Gasteiger partial charge is 0.0534 e. The van der Waals surface area contributed by atoms with Crippen LogP contribution in [0.1, 0.15) is 31.9 Å². The van der Waals surface area contributed by atoms with Crippen LogP contribution >= 0.6 is 0 Å². The van der Waals surface area contributed by atoms with Crippen LogP contribution in [0.3, 0.4) is 0 Å². The molecule has 1 heterocycles. The van der Waals surface area contributed by atoms with Crippen LogP contribution in [0, 0.1) is 0 Å². The van der Waals surface area contributed by atoms with Gasteiger partial charge in [0.25, 0.3) is 0 Å². The zero-order valence-electron chi connectivity index (χ0n) is 10.9. The van der Waals surface area contributed by atoms with Crippen molar-refractivity contribution < 1.29 is 0 Å². The summed E-state index contributed by atoms with van der Waals surface area (Å²) in [6.07, 6.45) is 5.29. The van der Waals surface area contributed by atoms with Crippen molar-refractivity contribution in [2.75, 3.05) is 27.2 Å². The normalized spacial score (nSPS) is 11.6. The van der Waals surface area contributed by atoms with E-state index in [2.05, 4.69) is 42.4 Å². The van der Waals surface area contributed by atoms with E-state index in [1.165, 1.54) is 12.0 Å². The second kappa shape index (κ2) is 6.66. The third-order valence-electron chi connectivity index (χ3n) is 2.60. The number of nitrogens with zero attached hydrogens (tertiary/aromatic N) is 3. The van der Waals surface area contributed by atoms with Gasteiger partial charge in [0.05, 0.1) is 6.20 Å². The molecule has 0 amide bonds. The highest BCUT2D eigenvalue weighted by Crippen LogP contribution is 2.07. The molecule has 0 bridgehead atoms. The second-order valence-electron chi connectivity index (χ2n) is 4.62. The molecular weight excluding hydrogens is 200 g/mol. The maximum absolute atomic E-state index is 4.34. The molecule has 0 aliphatic carbocycles. The Labute approximate surface area is 98.6 Å². The molecule has 0 aliphatic rings. The minimum atomic E-state index is 0.448. The largest absolute Gasteiger partial charge is 0.320 e. The molecule has 1 N–H and O–H groups in total. The summed E-state index contributed by atoms with van der Waals surface area (Å²) in [6, 6.07) is 0.448. The zero-order chi connectivity index (χ0) is 12.0. The van der Waals surface area contributed by atoms with Gasteiger partial charge in [-0.05, 0) is 47.5 Å². The van der Waals surface area contributed by atoms with Gasteiger partial charge >= 0.3 is 0 Å². The highest BCUT2D eigenvalue weighted by atomic mass is 15.3. The Bertz CT molecular complexity index is 293. The Balaban J connectivity index is 2.34. The molecule has 16 heavy (non-hydrogen) atoms. The maximum Gasteiger partial charge on any atom is 0.0534 e. The van der Waals surface area contributed by atoms with Crippen molar-refractivity contribution >= 4 is 0 Å². The van der Waals surface area contributed by atoms with Gasteiger partial charge in [0.15, 0.2) is 0 Å². The first-order valence-electron chi connectivity index (χ1n) is 5.99. The van der Waals surface area contributed by atoms with Crippen LogP contribution in [0.15, 0.2) is 12.4 Å². The van der Waals surface area contributed by atoms with Crippen molar-refractivity contribution in [2.45, 2.75) is 32.9 Å². The molecule has 0 saturated heterocycles. The molecule has 0 spiro atoms. The predicted octanol–water partition coefficient (Wildman–Crippen LogP) is 1.51. The van der Waals surface area contributed by atoms with E-state index < -0.39 is 0 Å². The summed E-state index contributed by atoms with van der Waals surface area (Å²) in [5.41, 5.74) is 1.29. The molecule has 4 heteroatoms. The Morgan fingerprint density at radius 1 is 1.50 bits per heavy atom.